The van der Waals surface area contributed by atoms with E-state index in [0.717, 1.165) is 0 Å². The van der Waals surface area contributed by atoms with Crippen molar-refractivity contribution in [2.45, 2.75) is 11.5 Å². The van der Waals surface area contributed by atoms with Crippen LogP contribution in [-0.2, 0) is 18.9 Å². The molecule has 0 aromatic rings. The minimum Gasteiger partial charge on any atom is -0.350 e. The topological polar surface area (TPSA) is 36.9 Å². The van der Waals surface area contributed by atoms with Crippen LogP contribution >= 0.6 is 11.6 Å². The van der Waals surface area contributed by atoms with Crippen LogP contribution in [0.25, 0.3) is 0 Å². The molecule has 0 radical (unpaired) electrons. The van der Waals surface area contributed by atoms with Crippen molar-refractivity contribution >= 4 is 11.6 Å². The van der Waals surface area contributed by atoms with E-state index in [2.05, 4.69) is 0 Å². The van der Waals surface area contributed by atoms with Crippen molar-refractivity contribution in [2.24, 2.45) is 0 Å². The van der Waals surface area contributed by atoms with Gasteiger partial charge in [-0.1, -0.05) is 11.6 Å². The highest BCUT2D eigenvalue weighted by atomic mass is 35.5. The van der Waals surface area contributed by atoms with Crippen molar-refractivity contribution in [2.75, 3.05) is 27.4 Å². The fourth-order valence-corrected chi connectivity index (χ4v) is 1.10. The van der Waals surface area contributed by atoms with Gasteiger partial charge in [-0.25, -0.2) is 0 Å². The smallest absolute Gasteiger partial charge is 0.301 e. The molecule has 0 aromatic heterocycles. The van der Waals surface area contributed by atoms with Crippen LogP contribution in [0.1, 0.15) is 0 Å². The Morgan fingerprint density at radius 1 is 1.45 bits per heavy atom. The van der Waals surface area contributed by atoms with Gasteiger partial charge < -0.3 is 18.9 Å². The summed E-state index contributed by atoms with van der Waals surface area (Å²) in [5.41, 5.74) is 0. The summed E-state index contributed by atoms with van der Waals surface area (Å²) in [5.74, 6) is 0. The maximum atomic E-state index is 5.83. The number of alkyl halides is 1. The SMILES string of the molecule is COC1OCCOC1(Cl)OC. The van der Waals surface area contributed by atoms with Crippen LogP contribution in [0.3, 0.4) is 0 Å². The average molecular weight is 183 g/mol. The van der Waals surface area contributed by atoms with Gasteiger partial charge in [-0.3, -0.25) is 0 Å². The first-order valence-electron chi connectivity index (χ1n) is 3.25. The fraction of sp³-hybridized carbons (Fsp3) is 1.00. The quantitative estimate of drug-likeness (QED) is 0.585. The number of hydrogen-bond donors (Lipinski definition) is 0. The molecule has 1 heterocycles. The van der Waals surface area contributed by atoms with E-state index in [-0.39, 0.29) is 0 Å². The predicted octanol–water partition coefficient (Wildman–Crippen LogP) is 0.545. The van der Waals surface area contributed by atoms with Gasteiger partial charge in [-0.2, -0.15) is 0 Å². The highest BCUT2D eigenvalue weighted by Gasteiger charge is 2.42. The molecule has 66 valence electrons. The fourth-order valence-electron chi connectivity index (χ4n) is 0.868. The van der Waals surface area contributed by atoms with Crippen molar-refractivity contribution in [3.8, 4) is 0 Å². The van der Waals surface area contributed by atoms with Crippen molar-refractivity contribution in [3.63, 3.8) is 0 Å². The lowest BCUT2D eigenvalue weighted by Crippen LogP contribution is -2.49. The van der Waals surface area contributed by atoms with Crippen molar-refractivity contribution in [3.05, 3.63) is 0 Å². The molecule has 0 aromatic carbocycles. The van der Waals surface area contributed by atoms with Crippen LogP contribution in [0.4, 0.5) is 0 Å². The second-order valence-corrected chi connectivity index (χ2v) is 2.60. The molecule has 0 N–H and O–H groups in total. The number of halogens is 1. The van der Waals surface area contributed by atoms with Crippen molar-refractivity contribution in [1.29, 1.82) is 0 Å². The lowest BCUT2D eigenvalue weighted by Gasteiger charge is -2.35. The maximum absolute atomic E-state index is 5.83. The Labute approximate surface area is 70.3 Å². The molecule has 11 heavy (non-hydrogen) atoms. The summed E-state index contributed by atoms with van der Waals surface area (Å²) in [7, 11) is 2.92. The summed E-state index contributed by atoms with van der Waals surface area (Å²) in [6.07, 6.45) is -0.664. The number of methoxy groups -OCH3 is 2. The lowest BCUT2D eigenvalue weighted by molar-refractivity contribution is -0.332. The zero-order chi connectivity index (χ0) is 8.32. The summed E-state index contributed by atoms with van der Waals surface area (Å²) in [4.78, 5) is 0. The molecule has 1 aliphatic rings. The minimum atomic E-state index is -1.28. The lowest BCUT2D eigenvalue weighted by atomic mass is 10.5. The highest BCUT2D eigenvalue weighted by Crippen LogP contribution is 2.28. The Kier molecular flexibility index (Phi) is 3.09. The van der Waals surface area contributed by atoms with Crippen molar-refractivity contribution in [1.82, 2.24) is 0 Å². The van der Waals surface area contributed by atoms with E-state index < -0.39 is 11.5 Å². The first-order chi connectivity index (χ1) is 5.23. The van der Waals surface area contributed by atoms with E-state index >= 15 is 0 Å². The Morgan fingerprint density at radius 2 is 2.18 bits per heavy atom. The molecule has 1 rings (SSSR count). The van der Waals surface area contributed by atoms with Crippen LogP contribution in [0.2, 0.25) is 0 Å². The van der Waals surface area contributed by atoms with Gasteiger partial charge in [0.1, 0.15) is 0 Å². The molecule has 0 amide bonds. The molecule has 2 unspecified atom stereocenters. The van der Waals surface area contributed by atoms with Gasteiger partial charge in [-0.05, 0) is 0 Å². The van der Waals surface area contributed by atoms with E-state index in [1.54, 1.807) is 0 Å². The molecule has 1 saturated heterocycles. The summed E-state index contributed by atoms with van der Waals surface area (Å²) in [5, 5.41) is -1.28. The van der Waals surface area contributed by atoms with Gasteiger partial charge in [0.05, 0.1) is 13.2 Å². The van der Waals surface area contributed by atoms with Gasteiger partial charge >= 0.3 is 5.25 Å². The zero-order valence-corrected chi connectivity index (χ0v) is 7.26. The first-order valence-corrected chi connectivity index (χ1v) is 3.63. The monoisotopic (exact) mass is 182 g/mol. The summed E-state index contributed by atoms with van der Waals surface area (Å²) >= 11 is 5.83. The summed E-state index contributed by atoms with van der Waals surface area (Å²) in [6.45, 7) is 0.882. The summed E-state index contributed by atoms with van der Waals surface area (Å²) in [6, 6.07) is 0. The Morgan fingerprint density at radius 3 is 2.64 bits per heavy atom. The van der Waals surface area contributed by atoms with Gasteiger partial charge in [0, 0.05) is 14.2 Å². The molecule has 0 spiro atoms. The van der Waals surface area contributed by atoms with Crippen LogP contribution in [0.15, 0.2) is 0 Å². The van der Waals surface area contributed by atoms with Gasteiger partial charge in [0.2, 0.25) is 6.29 Å². The normalized spacial score (nSPS) is 39.0. The molecule has 2 atom stereocenters. The molecule has 5 heteroatoms. The van der Waals surface area contributed by atoms with E-state index in [9.17, 15) is 0 Å². The van der Waals surface area contributed by atoms with Gasteiger partial charge in [0.25, 0.3) is 0 Å². The maximum Gasteiger partial charge on any atom is 0.301 e. The summed E-state index contributed by atoms with van der Waals surface area (Å²) < 4.78 is 20.0. The van der Waals surface area contributed by atoms with Crippen LogP contribution < -0.4 is 0 Å². The predicted molar refractivity (Wildman–Crippen MR) is 38.3 cm³/mol. The van der Waals surface area contributed by atoms with E-state index in [1.165, 1.54) is 14.2 Å². The third-order valence-corrected chi connectivity index (χ3v) is 1.87. The number of ether oxygens (including phenoxy) is 4. The zero-order valence-electron chi connectivity index (χ0n) is 6.50. The Balaban J connectivity index is 2.57. The van der Waals surface area contributed by atoms with Crippen LogP contribution in [0.5, 0.6) is 0 Å². The average Bonchev–Trinajstić information content (AvgIpc) is 2.05. The van der Waals surface area contributed by atoms with Crippen LogP contribution in [-0.4, -0.2) is 39.0 Å². The number of rotatable bonds is 2. The molecular formula is C6H11ClO4. The molecule has 0 bridgehead atoms. The highest BCUT2D eigenvalue weighted by molar-refractivity contribution is 6.22. The minimum absolute atomic E-state index is 0.414. The van der Waals surface area contributed by atoms with Gasteiger partial charge in [-0.15, -0.1) is 0 Å². The Bertz CT molecular complexity index is 132. The van der Waals surface area contributed by atoms with E-state index in [4.69, 9.17) is 30.5 Å². The third-order valence-electron chi connectivity index (χ3n) is 1.43. The standard InChI is InChI=1S/C6H11ClO4/c1-8-5-6(7,9-2)11-4-3-10-5/h5H,3-4H2,1-2H3. The third kappa shape index (κ3) is 1.83. The first kappa shape index (κ1) is 9.22. The molecule has 4 nitrogen and oxygen atoms in total. The molecular weight excluding hydrogens is 172 g/mol. The molecule has 0 aliphatic carbocycles. The van der Waals surface area contributed by atoms with E-state index in [0.29, 0.717) is 13.2 Å². The molecule has 1 aliphatic heterocycles. The van der Waals surface area contributed by atoms with E-state index in [1.807, 2.05) is 0 Å². The van der Waals surface area contributed by atoms with Gasteiger partial charge in [0.15, 0.2) is 0 Å². The molecule has 0 saturated carbocycles. The number of hydrogen-bond acceptors (Lipinski definition) is 4. The van der Waals surface area contributed by atoms with Crippen molar-refractivity contribution < 1.29 is 18.9 Å². The largest absolute Gasteiger partial charge is 0.350 e. The van der Waals surface area contributed by atoms with Crippen LogP contribution in [0, 0.1) is 0 Å². The second-order valence-electron chi connectivity index (χ2n) is 2.07. The molecule has 1 fully saturated rings. The Hall–Kier alpha value is 0.130. The second kappa shape index (κ2) is 3.69.